The molecule has 0 unspecified atom stereocenters. The molecule has 1 aliphatic heterocycles. The third kappa shape index (κ3) is 3.30. The third-order valence-corrected chi connectivity index (χ3v) is 3.46. The van der Waals surface area contributed by atoms with Crippen molar-refractivity contribution in [2.45, 2.75) is 25.0 Å². The van der Waals surface area contributed by atoms with Crippen molar-refractivity contribution >= 4 is 11.9 Å². The monoisotopic (exact) mass is 297 g/mol. The van der Waals surface area contributed by atoms with Crippen molar-refractivity contribution in [3.8, 4) is 5.75 Å². The lowest BCUT2D eigenvalue weighted by molar-refractivity contribution is -0.148. The molecule has 0 spiro atoms. The quantitative estimate of drug-likeness (QED) is 0.841. The van der Waals surface area contributed by atoms with E-state index in [1.165, 1.54) is 19.2 Å². The predicted molar refractivity (Wildman–Crippen MR) is 70.4 cm³/mol. The van der Waals surface area contributed by atoms with Gasteiger partial charge in [-0.05, 0) is 17.7 Å². The predicted octanol–water partition coefficient (Wildman–Crippen LogP) is 0.423. The fourth-order valence-corrected chi connectivity index (χ4v) is 2.42. The smallest absolute Gasteiger partial charge is 0.326 e. The summed E-state index contributed by atoms with van der Waals surface area (Å²) < 4.78 is 18.3. The number of carbonyl (C=O) groups excluding carboxylic acids is 1. The van der Waals surface area contributed by atoms with Gasteiger partial charge in [0.1, 0.15) is 6.04 Å². The molecule has 2 rings (SSSR count). The molecule has 1 saturated heterocycles. The summed E-state index contributed by atoms with van der Waals surface area (Å²) in [6.45, 7) is -0.0194. The molecule has 2 atom stereocenters. The van der Waals surface area contributed by atoms with E-state index in [2.05, 4.69) is 0 Å². The summed E-state index contributed by atoms with van der Waals surface area (Å²) in [6, 6.07) is 3.10. The van der Waals surface area contributed by atoms with Gasteiger partial charge in [-0.2, -0.15) is 0 Å². The number of methoxy groups -OCH3 is 1. The highest BCUT2D eigenvalue weighted by Crippen LogP contribution is 2.21. The van der Waals surface area contributed by atoms with E-state index in [1.807, 2.05) is 0 Å². The number of aliphatic carboxylic acids is 1. The highest BCUT2D eigenvalue weighted by atomic mass is 19.1. The molecule has 114 valence electrons. The van der Waals surface area contributed by atoms with E-state index in [9.17, 15) is 19.1 Å². The number of likely N-dealkylation sites (tertiary alicyclic amines) is 1. The Morgan fingerprint density at radius 1 is 1.48 bits per heavy atom. The van der Waals surface area contributed by atoms with Crippen molar-refractivity contribution in [1.82, 2.24) is 4.90 Å². The minimum atomic E-state index is -1.15. The van der Waals surface area contributed by atoms with Crippen molar-refractivity contribution in [3.63, 3.8) is 0 Å². The standard InChI is InChI=1S/C14H16FNO5/c1-21-12-3-2-8(4-10(12)15)5-13(18)16-7-9(17)6-11(16)14(19)20/h2-4,9,11,17H,5-7H2,1H3,(H,19,20)/t9-,11-/m0/s1. The van der Waals surface area contributed by atoms with Crippen LogP contribution in [-0.4, -0.2) is 52.8 Å². The van der Waals surface area contributed by atoms with Crippen LogP contribution in [0.1, 0.15) is 12.0 Å². The van der Waals surface area contributed by atoms with Gasteiger partial charge in [-0.15, -0.1) is 0 Å². The number of aliphatic hydroxyl groups excluding tert-OH is 1. The summed E-state index contributed by atoms with van der Waals surface area (Å²) in [5.74, 6) is -2.12. The molecule has 1 fully saturated rings. The zero-order valence-electron chi connectivity index (χ0n) is 11.5. The molecule has 1 aliphatic rings. The first-order valence-corrected chi connectivity index (χ1v) is 6.45. The highest BCUT2D eigenvalue weighted by Gasteiger charge is 2.38. The number of carboxylic acid groups (broad SMARTS) is 1. The third-order valence-electron chi connectivity index (χ3n) is 3.46. The average Bonchev–Trinajstić information content (AvgIpc) is 2.81. The molecule has 1 aromatic carbocycles. The van der Waals surface area contributed by atoms with Crippen LogP contribution in [0.25, 0.3) is 0 Å². The maximum absolute atomic E-state index is 13.6. The van der Waals surface area contributed by atoms with Gasteiger partial charge in [-0.3, -0.25) is 4.79 Å². The van der Waals surface area contributed by atoms with Crippen molar-refractivity contribution in [2.75, 3.05) is 13.7 Å². The Morgan fingerprint density at radius 2 is 2.19 bits per heavy atom. The normalized spacial score (nSPS) is 21.4. The van der Waals surface area contributed by atoms with Crippen molar-refractivity contribution < 1.29 is 28.9 Å². The average molecular weight is 297 g/mol. The Kier molecular flexibility index (Phi) is 4.42. The van der Waals surface area contributed by atoms with Crippen LogP contribution in [0.2, 0.25) is 0 Å². The lowest BCUT2D eigenvalue weighted by Gasteiger charge is -2.21. The lowest BCUT2D eigenvalue weighted by atomic mass is 10.1. The topological polar surface area (TPSA) is 87.1 Å². The van der Waals surface area contributed by atoms with Crippen LogP contribution in [0.3, 0.4) is 0 Å². The number of carbonyl (C=O) groups is 2. The van der Waals surface area contributed by atoms with E-state index in [1.54, 1.807) is 6.07 Å². The number of halogens is 1. The molecule has 2 N–H and O–H groups in total. The molecule has 1 heterocycles. The Bertz CT molecular complexity index is 562. The number of amides is 1. The summed E-state index contributed by atoms with van der Waals surface area (Å²) in [6.07, 6.45) is -0.960. The molecule has 7 heteroatoms. The number of nitrogens with zero attached hydrogens (tertiary/aromatic N) is 1. The zero-order valence-corrected chi connectivity index (χ0v) is 11.5. The minimum absolute atomic E-state index is 0.0120. The highest BCUT2D eigenvalue weighted by molar-refractivity contribution is 5.85. The first-order chi connectivity index (χ1) is 9.92. The van der Waals surface area contributed by atoms with Gasteiger partial charge in [0, 0.05) is 13.0 Å². The molecule has 21 heavy (non-hydrogen) atoms. The Hall–Kier alpha value is -2.15. The first-order valence-electron chi connectivity index (χ1n) is 6.45. The summed E-state index contributed by atoms with van der Waals surface area (Å²) in [4.78, 5) is 24.3. The number of ether oxygens (including phenoxy) is 1. The first kappa shape index (κ1) is 15.2. The van der Waals surface area contributed by atoms with Crippen LogP contribution < -0.4 is 4.74 Å². The summed E-state index contributed by atoms with van der Waals surface area (Å²) in [5, 5.41) is 18.6. The zero-order chi connectivity index (χ0) is 15.6. The number of aliphatic hydroxyl groups is 1. The van der Waals surface area contributed by atoms with E-state index in [0.29, 0.717) is 5.56 Å². The second kappa shape index (κ2) is 6.09. The van der Waals surface area contributed by atoms with E-state index >= 15 is 0 Å². The number of benzene rings is 1. The molecule has 6 nitrogen and oxygen atoms in total. The number of carboxylic acids is 1. The maximum atomic E-state index is 13.6. The fourth-order valence-electron chi connectivity index (χ4n) is 2.42. The lowest BCUT2D eigenvalue weighted by Crippen LogP contribution is -2.41. The van der Waals surface area contributed by atoms with Crippen LogP contribution in [0.4, 0.5) is 4.39 Å². The molecular formula is C14H16FNO5. The van der Waals surface area contributed by atoms with Crippen LogP contribution in [0, 0.1) is 5.82 Å². The van der Waals surface area contributed by atoms with Gasteiger partial charge in [-0.1, -0.05) is 6.07 Å². The van der Waals surface area contributed by atoms with Gasteiger partial charge in [-0.25, -0.2) is 9.18 Å². The van der Waals surface area contributed by atoms with Crippen molar-refractivity contribution in [1.29, 1.82) is 0 Å². The molecule has 0 bridgehead atoms. The fraction of sp³-hybridized carbons (Fsp3) is 0.429. The molecule has 0 aliphatic carbocycles. The SMILES string of the molecule is COc1ccc(CC(=O)N2C[C@@H](O)C[C@H]2C(=O)O)cc1F. The molecule has 0 radical (unpaired) electrons. The van der Waals surface area contributed by atoms with Gasteiger partial charge in [0.25, 0.3) is 0 Å². The minimum Gasteiger partial charge on any atom is -0.494 e. The number of β-amino-alcohol motifs (C(OH)–C–C–N with tert-alkyl or cyclic N) is 1. The molecule has 1 aromatic rings. The Balaban J connectivity index is 2.10. The number of hydrogen-bond donors (Lipinski definition) is 2. The van der Waals surface area contributed by atoms with Gasteiger partial charge in [0.2, 0.25) is 5.91 Å². The molecular weight excluding hydrogens is 281 g/mol. The van der Waals surface area contributed by atoms with E-state index in [4.69, 9.17) is 9.84 Å². The van der Waals surface area contributed by atoms with Gasteiger partial charge in [0.05, 0.1) is 19.6 Å². The second-order valence-electron chi connectivity index (χ2n) is 4.94. The maximum Gasteiger partial charge on any atom is 0.326 e. The van der Waals surface area contributed by atoms with Crippen LogP contribution in [-0.2, 0) is 16.0 Å². The van der Waals surface area contributed by atoms with Crippen molar-refractivity contribution in [3.05, 3.63) is 29.6 Å². The van der Waals surface area contributed by atoms with Crippen LogP contribution in [0.5, 0.6) is 5.75 Å². The van der Waals surface area contributed by atoms with Crippen molar-refractivity contribution in [2.24, 2.45) is 0 Å². The van der Waals surface area contributed by atoms with Gasteiger partial charge < -0.3 is 19.8 Å². The summed E-state index contributed by atoms with van der Waals surface area (Å²) in [5.41, 5.74) is 0.420. The molecule has 0 aromatic heterocycles. The van der Waals surface area contributed by atoms with Gasteiger partial charge in [0.15, 0.2) is 11.6 Å². The van der Waals surface area contributed by atoms with E-state index in [0.717, 1.165) is 4.90 Å². The molecule has 0 saturated carbocycles. The van der Waals surface area contributed by atoms with Crippen LogP contribution in [0.15, 0.2) is 18.2 Å². The van der Waals surface area contributed by atoms with Crippen LogP contribution >= 0.6 is 0 Å². The second-order valence-corrected chi connectivity index (χ2v) is 4.94. The van der Waals surface area contributed by atoms with E-state index < -0.39 is 29.8 Å². The van der Waals surface area contributed by atoms with Gasteiger partial charge >= 0.3 is 5.97 Å². The Morgan fingerprint density at radius 3 is 2.76 bits per heavy atom. The largest absolute Gasteiger partial charge is 0.494 e. The number of hydrogen-bond acceptors (Lipinski definition) is 4. The summed E-state index contributed by atoms with van der Waals surface area (Å²) in [7, 11) is 1.34. The Labute approximate surface area is 120 Å². The molecule has 1 amide bonds. The number of rotatable bonds is 4. The summed E-state index contributed by atoms with van der Waals surface area (Å²) >= 11 is 0. The van der Waals surface area contributed by atoms with E-state index in [-0.39, 0.29) is 25.1 Å².